The fourth-order valence-electron chi connectivity index (χ4n) is 2.66. The number of esters is 2. The standard InChI is InChI=1S/C23H26N2O6S/c1-14(2)24-21(27)13-32-19-8-6-5-7-17(19)23(29)31-12-20(26)25-18-11-16(22(28)30-4)10-9-15(18)3/h5-11,14H,12-13H2,1-4H3,(H,24,27)(H,25,26). The third kappa shape index (κ3) is 7.42. The van der Waals surface area contributed by atoms with E-state index in [1.165, 1.54) is 24.9 Å². The molecule has 0 saturated heterocycles. The van der Waals surface area contributed by atoms with Gasteiger partial charge in [-0.2, -0.15) is 0 Å². The van der Waals surface area contributed by atoms with Gasteiger partial charge in [-0.3, -0.25) is 9.59 Å². The highest BCUT2D eigenvalue weighted by atomic mass is 32.2. The van der Waals surface area contributed by atoms with Crippen LogP contribution < -0.4 is 10.6 Å². The molecule has 0 aliphatic heterocycles. The Morgan fingerprint density at radius 3 is 2.41 bits per heavy atom. The molecule has 0 radical (unpaired) electrons. The molecule has 0 heterocycles. The normalized spacial score (nSPS) is 10.4. The Kier molecular flexibility index (Phi) is 9.27. The fourth-order valence-corrected chi connectivity index (χ4v) is 3.52. The number of methoxy groups -OCH3 is 1. The van der Waals surface area contributed by atoms with Crippen LogP contribution in [0.15, 0.2) is 47.4 Å². The molecule has 0 unspecified atom stereocenters. The molecule has 0 aliphatic rings. The molecule has 170 valence electrons. The number of anilines is 1. The summed E-state index contributed by atoms with van der Waals surface area (Å²) in [6, 6.07) is 11.5. The van der Waals surface area contributed by atoms with Crippen LogP contribution in [0.3, 0.4) is 0 Å². The van der Waals surface area contributed by atoms with Gasteiger partial charge < -0.3 is 20.1 Å². The van der Waals surface area contributed by atoms with Crippen molar-refractivity contribution >= 4 is 41.2 Å². The minimum atomic E-state index is -0.674. The summed E-state index contributed by atoms with van der Waals surface area (Å²) in [6.07, 6.45) is 0. The van der Waals surface area contributed by atoms with E-state index >= 15 is 0 Å². The number of rotatable bonds is 9. The van der Waals surface area contributed by atoms with Crippen LogP contribution in [0.2, 0.25) is 0 Å². The second-order valence-corrected chi connectivity index (χ2v) is 8.17. The van der Waals surface area contributed by atoms with Crippen molar-refractivity contribution in [3.05, 3.63) is 59.2 Å². The average molecular weight is 459 g/mol. The van der Waals surface area contributed by atoms with Gasteiger partial charge in [0.15, 0.2) is 6.61 Å². The summed E-state index contributed by atoms with van der Waals surface area (Å²) in [7, 11) is 1.27. The monoisotopic (exact) mass is 458 g/mol. The molecule has 8 nitrogen and oxygen atoms in total. The average Bonchev–Trinajstić information content (AvgIpc) is 2.76. The van der Waals surface area contributed by atoms with Crippen molar-refractivity contribution in [2.24, 2.45) is 0 Å². The van der Waals surface area contributed by atoms with Crippen molar-refractivity contribution in [1.29, 1.82) is 0 Å². The van der Waals surface area contributed by atoms with E-state index in [2.05, 4.69) is 15.4 Å². The molecule has 0 spiro atoms. The number of hydrogen-bond donors (Lipinski definition) is 2. The summed E-state index contributed by atoms with van der Waals surface area (Å²) < 4.78 is 9.84. The molecule has 0 bridgehead atoms. The molecule has 2 amide bonds. The highest BCUT2D eigenvalue weighted by molar-refractivity contribution is 8.00. The number of ether oxygens (including phenoxy) is 2. The summed E-state index contributed by atoms with van der Waals surface area (Å²) in [5, 5.41) is 5.41. The second kappa shape index (κ2) is 11.9. The van der Waals surface area contributed by atoms with Gasteiger partial charge in [-0.15, -0.1) is 11.8 Å². The molecule has 9 heteroatoms. The van der Waals surface area contributed by atoms with Crippen molar-refractivity contribution in [3.63, 3.8) is 0 Å². The Morgan fingerprint density at radius 1 is 1.00 bits per heavy atom. The van der Waals surface area contributed by atoms with Gasteiger partial charge >= 0.3 is 11.9 Å². The molecule has 0 aromatic heterocycles. The van der Waals surface area contributed by atoms with Gasteiger partial charge in [0.05, 0.1) is 24.0 Å². The van der Waals surface area contributed by atoms with Gasteiger partial charge in [-0.05, 0) is 50.6 Å². The SMILES string of the molecule is COC(=O)c1ccc(C)c(NC(=O)COC(=O)c2ccccc2SCC(=O)NC(C)C)c1. The van der Waals surface area contributed by atoms with Crippen LogP contribution in [0.1, 0.15) is 40.1 Å². The molecular weight excluding hydrogens is 432 g/mol. The minimum absolute atomic E-state index is 0.0266. The van der Waals surface area contributed by atoms with Crippen molar-refractivity contribution in [3.8, 4) is 0 Å². The summed E-state index contributed by atoms with van der Waals surface area (Å²) >= 11 is 1.21. The molecule has 0 fully saturated rings. The van der Waals surface area contributed by atoms with Crippen LogP contribution in [0, 0.1) is 6.92 Å². The lowest BCUT2D eigenvalue weighted by molar-refractivity contribution is -0.119. The predicted molar refractivity (Wildman–Crippen MR) is 122 cm³/mol. The highest BCUT2D eigenvalue weighted by Crippen LogP contribution is 2.23. The summed E-state index contributed by atoms with van der Waals surface area (Å²) in [5.41, 5.74) is 1.71. The van der Waals surface area contributed by atoms with Crippen LogP contribution >= 0.6 is 11.8 Å². The predicted octanol–water partition coefficient (Wildman–Crippen LogP) is 3.19. The zero-order valence-electron chi connectivity index (χ0n) is 18.4. The van der Waals surface area contributed by atoms with E-state index < -0.39 is 24.5 Å². The lowest BCUT2D eigenvalue weighted by Gasteiger charge is -2.12. The van der Waals surface area contributed by atoms with E-state index in [0.717, 1.165) is 5.56 Å². The van der Waals surface area contributed by atoms with E-state index in [1.807, 2.05) is 13.8 Å². The molecule has 2 N–H and O–H groups in total. The van der Waals surface area contributed by atoms with Crippen LogP contribution in [0.5, 0.6) is 0 Å². The maximum absolute atomic E-state index is 12.5. The molecule has 0 atom stereocenters. The van der Waals surface area contributed by atoms with Crippen LogP contribution in [0.4, 0.5) is 5.69 Å². The Hall–Kier alpha value is -3.33. The van der Waals surface area contributed by atoms with Gasteiger partial charge in [0, 0.05) is 16.6 Å². The fraction of sp³-hybridized carbons (Fsp3) is 0.304. The molecular formula is C23H26N2O6S. The zero-order valence-corrected chi connectivity index (χ0v) is 19.2. The number of amides is 2. The van der Waals surface area contributed by atoms with Crippen molar-refractivity contribution < 1.29 is 28.7 Å². The first-order valence-electron chi connectivity index (χ1n) is 9.88. The van der Waals surface area contributed by atoms with Crippen LogP contribution in [-0.4, -0.2) is 49.3 Å². The molecule has 2 aromatic carbocycles. The number of thioether (sulfide) groups is 1. The van der Waals surface area contributed by atoms with Gasteiger partial charge in [-0.25, -0.2) is 9.59 Å². The largest absolute Gasteiger partial charge is 0.465 e. The maximum Gasteiger partial charge on any atom is 0.339 e. The first-order valence-corrected chi connectivity index (χ1v) is 10.9. The van der Waals surface area contributed by atoms with Crippen molar-refractivity contribution in [2.75, 3.05) is 24.8 Å². The first kappa shape index (κ1) is 24.9. The number of nitrogens with one attached hydrogen (secondary N) is 2. The first-order chi connectivity index (χ1) is 15.2. The van der Waals surface area contributed by atoms with Gasteiger partial charge in [-0.1, -0.05) is 18.2 Å². The van der Waals surface area contributed by atoms with E-state index in [1.54, 1.807) is 43.3 Å². The van der Waals surface area contributed by atoms with E-state index in [0.29, 0.717) is 10.6 Å². The van der Waals surface area contributed by atoms with Crippen LogP contribution in [0.25, 0.3) is 0 Å². The number of benzene rings is 2. The third-order valence-corrected chi connectivity index (χ3v) is 5.26. The topological polar surface area (TPSA) is 111 Å². The summed E-state index contributed by atoms with van der Waals surface area (Å²) in [6.45, 7) is 5.00. The third-order valence-electron chi connectivity index (χ3n) is 4.18. The van der Waals surface area contributed by atoms with E-state index in [9.17, 15) is 19.2 Å². The number of hydrogen-bond acceptors (Lipinski definition) is 7. The smallest absolute Gasteiger partial charge is 0.339 e. The van der Waals surface area contributed by atoms with E-state index in [-0.39, 0.29) is 28.8 Å². The Bertz CT molecular complexity index is 1010. The molecule has 32 heavy (non-hydrogen) atoms. The zero-order chi connectivity index (χ0) is 23.7. The maximum atomic E-state index is 12.5. The molecule has 0 aliphatic carbocycles. The number of aryl methyl sites for hydroxylation is 1. The second-order valence-electron chi connectivity index (χ2n) is 7.15. The number of carbonyl (C=O) groups excluding carboxylic acids is 4. The highest BCUT2D eigenvalue weighted by Gasteiger charge is 2.17. The van der Waals surface area contributed by atoms with Crippen molar-refractivity contribution in [2.45, 2.75) is 31.7 Å². The molecule has 2 aromatic rings. The van der Waals surface area contributed by atoms with Crippen LogP contribution in [-0.2, 0) is 19.1 Å². The lowest BCUT2D eigenvalue weighted by Crippen LogP contribution is -2.31. The van der Waals surface area contributed by atoms with E-state index in [4.69, 9.17) is 4.74 Å². The molecule has 0 saturated carbocycles. The Morgan fingerprint density at radius 2 is 1.72 bits per heavy atom. The molecule has 2 rings (SSSR count). The number of carbonyl (C=O) groups is 4. The Balaban J connectivity index is 1.97. The lowest BCUT2D eigenvalue weighted by atomic mass is 10.1. The Labute approximate surface area is 191 Å². The summed E-state index contributed by atoms with van der Waals surface area (Å²) in [4.78, 5) is 49.0. The van der Waals surface area contributed by atoms with Gasteiger partial charge in [0.2, 0.25) is 5.91 Å². The quantitative estimate of drug-likeness (QED) is 0.438. The van der Waals surface area contributed by atoms with Crippen molar-refractivity contribution in [1.82, 2.24) is 5.32 Å². The minimum Gasteiger partial charge on any atom is -0.465 e. The van der Waals surface area contributed by atoms with Gasteiger partial charge in [0.1, 0.15) is 0 Å². The van der Waals surface area contributed by atoms with Gasteiger partial charge in [0.25, 0.3) is 5.91 Å². The summed E-state index contributed by atoms with van der Waals surface area (Å²) in [5.74, 6) is -1.74.